The van der Waals surface area contributed by atoms with Crippen molar-refractivity contribution in [2.75, 3.05) is 20.8 Å². The lowest BCUT2D eigenvalue weighted by Gasteiger charge is -2.15. The summed E-state index contributed by atoms with van der Waals surface area (Å²) < 4.78 is 10.7. The van der Waals surface area contributed by atoms with Gasteiger partial charge in [-0.3, -0.25) is 0 Å². The molecule has 20 heavy (non-hydrogen) atoms. The van der Waals surface area contributed by atoms with Gasteiger partial charge in [-0.15, -0.1) is 0 Å². The highest BCUT2D eigenvalue weighted by Gasteiger charge is 2.49. The van der Waals surface area contributed by atoms with Gasteiger partial charge in [0.2, 0.25) is 0 Å². The van der Waals surface area contributed by atoms with Crippen LogP contribution in [0.25, 0.3) is 0 Å². The highest BCUT2D eigenvalue weighted by molar-refractivity contribution is 5.43. The van der Waals surface area contributed by atoms with Crippen LogP contribution < -0.4 is 14.8 Å². The Balaban J connectivity index is 1.97. The van der Waals surface area contributed by atoms with Crippen LogP contribution in [0.1, 0.15) is 32.8 Å². The average Bonchev–Trinajstić information content (AvgIpc) is 3.06. The van der Waals surface area contributed by atoms with Gasteiger partial charge in [0.05, 0.1) is 14.2 Å². The lowest BCUT2D eigenvalue weighted by atomic mass is 9.95. The summed E-state index contributed by atoms with van der Waals surface area (Å²) in [5, 5.41) is 3.54. The lowest BCUT2D eigenvalue weighted by molar-refractivity contribution is 0.354. The molecule has 3 nitrogen and oxygen atoms in total. The fourth-order valence-electron chi connectivity index (χ4n) is 2.87. The molecule has 2 rings (SSSR count). The Morgan fingerprint density at radius 3 is 2.55 bits per heavy atom. The number of methoxy groups -OCH3 is 2. The van der Waals surface area contributed by atoms with Crippen LogP contribution in [-0.2, 0) is 6.42 Å². The minimum atomic E-state index is 0.432. The number of hydrogen-bond acceptors (Lipinski definition) is 3. The zero-order valence-electron chi connectivity index (χ0n) is 13.3. The van der Waals surface area contributed by atoms with Crippen molar-refractivity contribution in [2.45, 2.75) is 39.7 Å². The lowest BCUT2D eigenvalue weighted by Crippen LogP contribution is -2.26. The van der Waals surface area contributed by atoms with Crippen molar-refractivity contribution in [3.63, 3.8) is 0 Å². The Bertz CT molecular complexity index is 458. The van der Waals surface area contributed by atoms with Crippen LogP contribution >= 0.6 is 0 Å². The first-order chi connectivity index (χ1) is 9.48. The van der Waals surface area contributed by atoms with Crippen molar-refractivity contribution in [3.05, 3.63) is 23.8 Å². The molecule has 1 aliphatic carbocycles. The van der Waals surface area contributed by atoms with E-state index < -0.39 is 0 Å². The van der Waals surface area contributed by atoms with Gasteiger partial charge >= 0.3 is 0 Å². The Labute approximate surface area is 122 Å². The molecule has 0 aromatic heterocycles. The molecule has 1 N–H and O–H groups in total. The third-order valence-electron chi connectivity index (χ3n) is 4.37. The molecular weight excluding hydrogens is 250 g/mol. The fourth-order valence-corrected chi connectivity index (χ4v) is 2.87. The number of nitrogens with one attached hydrogen (secondary N) is 1. The second kappa shape index (κ2) is 6.04. The van der Waals surface area contributed by atoms with Gasteiger partial charge in [-0.1, -0.05) is 26.8 Å². The van der Waals surface area contributed by atoms with Crippen molar-refractivity contribution in [2.24, 2.45) is 11.3 Å². The van der Waals surface area contributed by atoms with E-state index in [-0.39, 0.29) is 0 Å². The Morgan fingerprint density at radius 2 is 1.95 bits per heavy atom. The van der Waals surface area contributed by atoms with Gasteiger partial charge in [0.1, 0.15) is 0 Å². The molecule has 0 spiro atoms. The third-order valence-corrected chi connectivity index (χ3v) is 4.37. The van der Waals surface area contributed by atoms with Gasteiger partial charge in [-0.25, -0.2) is 0 Å². The number of ether oxygens (including phenoxy) is 2. The molecule has 2 atom stereocenters. The first kappa shape index (κ1) is 15.2. The molecule has 0 bridgehead atoms. The summed E-state index contributed by atoms with van der Waals surface area (Å²) in [6.45, 7) is 7.92. The van der Waals surface area contributed by atoms with E-state index in [2.05, 4.69) is 38.2 Å². The van der Waals surface area contributed by atoms with Crippen molar-refractivity contribution in [1.82, 2.24) is 5.32 Å². The first-order valence-corrected chi connectivity index (χ1v) is 7.43. The molecule has 1 fully saturated rings. The molecule has 0 heterocycles. The van der Waals surface area contributed by atoms with Crippen LogP contribution in [0.2, 0.25) is 0 Å². The number of hydrogen-bond donors (Lipinski definition) is 1. The molecule has 0 saturated heterocycles. The molecule has 1 aromatic rings. The Kier molecular flexibility index (Phi) is 4.59. The molecule has 1 aliphatic rings. The van der Waals surface area contributed by atoms with Crippen LogP contribution in [-0.4, -0.2) is 26.8 Å². The predicted octanol–water partition coefficient (Wildman–Crippen LogP) is 3.27. The summed E-state index contributed by atoms with van der Waals surface area (Å²) in [6, 6.07) is 6.83. The van der Waals surface area contributed by atoms with Gasteiger partial charge in [0, 0.05) is 6.04 Å². The maximum Gasteiger partial charge on any atom is 0.160 e. The van der Waals surface area contributed by atoms with E-state index in [1.165, 1.54) is 12.0 Å². The third kappa shape index (κ3) is 3.45. The van der Waals surface area contributed by atoms with Gasteiger partial charge in [0.15, 0.2) is 11.5 Å². The molecule has 2 unspecified atom stereocenters. The van der Waals surface area contributed by atoms with E-state index in [1.807, 2.05) is 6.07 Å². The monoisotopic (exact) mass is 277 g/mol. The summed E-state index contributed by atoms with van der Waals surface area (Å²) in [5.41, 5.74) is 1.76. The van der Waals surface area contributed by atoms with Crippen LogP contribution in [0.15, 0.2) is 18.2 Å². The van der Waals surface area contributed by atoms with E-state index in [0.717, 1.165) is 30.4 Å². The number of benzene rings is 1. The second-order valence-electron chi connectivity index (χ2n) is 6.48. The summed E-state index contributed by atoms with van der Waals surface area (Å²) in [4.78, 5) is 0. The molecule has 112 valence electrons. The Hall–Kier alpha value is -1.22. The van der Waals surface area contributed by atoms with Crippen LogP contribution in [0.5, 0.6) is 11.5 Å². The zero-order valence-corrected chi connectivity index (χ0v) is 13.3. The smallest absolute Gasteiger partial charge is 0.160 e. The predicted molar refractivity (Wildman–Crippen MR) is 82.6 cm³/mol. The van der Waals surface area contributed by atoms with E-state index in [9.17, 15) is 0 Å². The highest BCUT2D eigenvalue weighted by Crippen LogP contribution is 2.54. The van der Waals surface area contributed by atoms with Crippen LogP contribution in [0, 0.1) is 11.3 Å². The summed E-state index contributed by atoms with van der Waals surface area (Å²) in [6.07, 6.45) is 2.42. The van der Waals surface area contributed by atoms with Gasteiger partial charge in [-0.05, 0) is 48.4 Å². The SMILES string of the molecule is COc1ccc(CC2(C)CC2CNC(C)C)cc1OC. The van der Waals surface area contributed by atoms with Crippen LogP contribution in [0.4, 0.5) is 0 Å². The van der Waals surface area contributed by atoms with Crippen molar-refractivity contribution in [1.29, 1.82) is 0 Å². The van der Waals surface area contributed by atoms with E-state index in [4.69, 9.17) is 9.47 Å². The van der Waals surface area contributed by atoms with Gasteiger partial charge in [0.25, 0.3) is 0 Å². The van der Waals surface area contributed by atoms with Crippen molar-refractivity contribution in [3.8, 4) is 11.5 Å². The molecule has 1 saturated carbocycles. The topological polar surface area (TPSA) is 30.5 Å². The first-order valence-electron chi connectivity index (χ1n) is 7.43. The second-order valence-corrected chi connectivity index (χ2v) is 6.48. The molecule has 1 aromatic carbocycles. The van der Waals surface area contributed by atoms with E-state index in [0.29, 0.717) is 11.5 Å². The quantitative estimate of drug-likeness (QED) is 0.829. The molecule has 0 aliphatic heterocycles. The maximum absolute atomic E-state index is 5.38. The largest absolute Gasteiger partial charge is 0.493 e. The maximum atomic E-state index is 5.38. The summed E-state index contributed by atoms with van der Waals surface area (Å²) in [7, 11) is 3.36. The summed E-state index contributed by atoms with van der Waals surface area (Å²) >= 11 is 0. The average molecular weight is 277 g/mol. The molecular formula is C17H27NO2. The van der Waals surface area contributed by atoms with E-state index >= 15 is 0 Å². The van der Waals surface area contributed by atoms with Gasteiger partial charge in [-0.2, -0.15) is 0 Å². The highest BCUT2D eigenvalue weighted by atomic mass is 16.5. The summed E-state index contributed by atoms with van der Waals surface area (Å²) in [5.74, 6) is 2.42. The van der Waals surface area contributed by atoms with E-state index in [1.54, 1.807) is 14.2 Å². The Morgan fingerprint density at radius 1 is 1.25 bits per heavy atom. The molecule has 0 amide bonds. The zero-order chi connectivity index (χ0) is 14.8. The fraction of sp³-hybridized carbons (Fsp3) is 0.647. The normalized spacial score (nSPS) is 24.8. The minimum Gasteiger partial charge on any atom is -0.493 e. The number of rotatable bonds is 7. The molecule has 0 radical (unpaired) electrons. The van der Waals surface area contributed by atoms with Crippen molar-refractivity contribution < 1.29 is 9.47 Å². The van der Waals surface area contributed by atoms with Gasteiger partial charge < -0.3 is 14.8 Å². The van der Waals surface area contributed by atoms with Crippen LogP contribution in [0.3, 0.4) is 0 Å². The molecule has 3 heteroatoms. The standard InChI is InChI=1S/C17H27NO2/c1-12(2)18-11-14-10-17(14,3)9-13-6-7-15(19-4)16(8-13)20-5/h6-8,12,14,18H,9-11H2,1-5H3. The minimum absolute atomic E-state index is 0.432. The van der Waals surface area contributed by atoms with Crippen molar-refractivity contribution >= 4 is 0 Å².